The van der Waals surface area contributed by atoms with Gasteiger partial charge >= 0.3 is 0 Å². The highest BCUT2D eigenvalue weighted by molar-refractivity contribution is 5.09. The maximum atomic E-state index is 10.6. The van der Waals surface area contributed by atoms with Gasteiger partial charge in [0.15, 0.2) is 0 Å². The standard InChI is InChI=1S/C15H26O2/c1-10(2)11-5-7-14(3)12(9-11)15(4,17)8-6-13(14)16/h11-13,16-17H,1,5-9H2,2-4H3/t11-,12-,13-,14-,15+/m1/s1. The Morgan fingerprint density at radius 3 is 2.47 bits per heavy atom. The minimum atomic E-state index is -0.623. The number of allylic oxidation sites excluding steroid dienone is 1. The van der Waals surface area contributed by atoms with E-state index < -0.39 is 5.60 Å². The van der Waals surface area contributed by atoms with E-state index in [1.54, 1.807) is 0 Å². The average molecular weight is 238 g/mol. The summed E-state index contributed by atoms with van der Waals surface area (Å²) in [7, 11) is 0. The van der Waals surface area contributed by atoms with Crippen LogP contribution in [0.25, 0.3) is 0 Å². The third-order valence-corrected chi connectivity index (χ3v) is 5.48. The maximum absolute atomic E-state index is 10.6. The molecule has 0 bridgehead atoms. The van der Waals surface area contributed by atoms with Crippen LogP contribution in [0.1, 0.15) is 52.9 Å². The van der Waals surface area contributed by atoms with E-state index in [-0.39, 0.29) is 17.4 Å². The second-order valence-electron chi connectivity index (χ2n) is 6.79. The van der Waals surface area contributed by atoms with Gasteiger partial charge in [-0.25, -0.2) is 0 Å². The lowest BCUT2D eigenvalue weighted by atomic mass is 9.52. The van der Waals surface area contributed by atoms with Crippen LogP contribution in [0.3, 0.4) is 0 Å². The van der Waals surface area contributed by atoms with Crippen LogP contribution in [0.4, 0.5) is 0 Å². The molecule has 2 aliphatic carbocycles. The summed E-state index contributed by atoms with van der Waals surface area (Å²) in [6.45, 7) is 10.3. The van der Waals surface area contributed by atoms with Gasteiger partial charge in [0.05, 0.1) is 11.7 Å². The molecule has 0 unspecified atom stereocenters. The van der Waals surface area contributed by atoms with Gasteiger partial charge in [0.1, 0.15) is 0 Å². The molecule has 2 heteroatoms. The number of aliphatic hydroxyl groups excluding tert-OH is 1. The molecule has 0 heterocycles. The van der Waals surface area contributed by atoms with Crippen molar-refractivity contribution in [3.63, 3.8) is 0 Å². The minimum absolute atomic E-state index is 0.103. The number of aliphatic hydroxyl groups is 2. The normalized spacial score (nSPS) is 50.8. The third kappa shape index (κ3) is 2.06. The van der Waals surface area contributed by atoms with Gasteiger partial charge in [-0.15, -0.1) is 0 Å². The molecule has 2 nitrogen and oxygen atoms in total. The Bertz CT molecular complexity index is 321. The van der Waals surface area contributed by atoms with E-state index in [9.17, 15) is 10.2 Å². The molecule has 98 valence electrons. The molecule has 0 amide bonds. The molecule has 2 N–H and O–H groups in total. The molecular formula is C15H26O2. The summed E-state index contributed by atoms with van der Waals surface area (Å²) in [5.41, 5.74) is 0.499. The first-order valence-electron chi connectivity index (χ1n) is 6.83. The first-order valence-corrected chi connectivity index (χ1v) is 6.83. The van der Waals surface area contributed by atoms with Crippen molar-refractivity contribution in [2.24, 2.45) is 17.3 Å². The molecule has 0 spiro atoms. The fourth-order valence-electron chi connectivity index (χ4n) is 4.07. The Labute approximate surface area is 105 Å². The van der Waals surface area contributed by atoms with E-state index in [1.807, 2.05) is 6.92 Å². The third-order valence-electron chi connectivity index (χ3n) is 5.48. The van der Waals surface area contributed by atoms with Crippen LogP contribution < -0.4 is 0 Å². The van der Waals surface area contributed by atoms with Gasteiger partial charge in [0.2, 0.25) is 0 Å². The maximum Gasteiger partial charge on any atom is 0.0655 e. The smallest absolute Gasteiger partial charge is 0.0655 e. The lowest BCUT2D eigenvalue weighted by molar-refractivity contribution is -0.171. The number of rotatable bonds is 1. The van der Waals surface area contributed by atoms with Crippen LogP contribution in [0, 0.1) is 17.3 Å². The van der Waals surface area contributed by atoms with E-state index in [2.05, 4.69) is 20.4 Å². The summed E-state index contributed by atoms with van der Waals surface area (Å²) >= 11 is 0. The number of hydrogen-bond donors (Lipinski definition) is 2. The molecule has 0 saturated heterocycles. The van der Waals surface area contributed by atoms with Crippen molar-refractivity contribution >= 4 is 0 Å². The second-order valence-corrected chi connectivity index (χ2v) is 6.79. The first-order chi connectivity index (χ1) is 7.77. The summed E-state index contributed by atoms with van der Waals surface area (Å²) in [5.74, 6) is 0.721. The Hall–Kier alpha value is -0.340. The molecule has 0 radical (unpaired) electrons. The van der Waals surface area contributed by atoms with E-state index in [1.165, 1.54) is 5.57 Å². The highest BCUT2D eigenvalue weighted by Crippen LogP contribution is 2.56. The summed E-state index contributed by atoms with van der Waals surface area (Å²) in [6, 6.07) is 0. The van der Waals surface area contributed by atoms with E-state index in [0.717, 1.165) is 32.1 Å². The van der Waals surface area contributed by atoms with Crippen molar-refractivity contribution in [3.05, 3.63) is 12.2 Å². The lowest BCUT2D eigenvalue weighted by Gasteiger charge is -2.56. The Morgan fingerprint density at radius 1 is 1.24 bits per heavy atom. The Kier molecular flexibility index (Phi) is 3.16. The summed E-state index contributed by atoms with van der Waals surface area (Å²) in [4.78, 5) is 0. The highest BCUT2D eigenvalue weighted by Gasteiger charge is 2.54. The molecule has 2 aliphatic rings. The molecule has 0 aliphatic heterocycles. The van der Waals surface area contributed by atoms with Crippen LogP contribution in [0.2, 0.25) is 0 Å². The average Bonchev–Trinajstić information content (AvgIpc) is 2.24. The quantitative estimate of drug-likeness (QED) is 0.690. The van der Waals surface area contributed by atoms with Crippen molar-refractivity contribution in [3.8, 4) is 0 Å². The van der Waals surface area contributed by atoms with Gasteiger partial charge in [-0.2, -0.15) is 0 Å². The zero-order valence-corrected chi connectivity index (χ0v) is 11.4. The van der Waals surface area contributed by atoms with Gasteiger partial charge in [0.25, 0.3) is 0 Å². The molecule has 0 aromatic carbocycles. The molecule has 17 heavy (non-hydrogen) atoms. The Morgan fingerprint density at radius 2 is 1.88 bits per heavy atom. The molecule has 0 aromatic heterocycles. The van der Waals surface area contributed by atoms with Gasteiger partial charge in [-0.05, 0) is 63.2 Å². The highest BCUT2D eigenvalue weighted by atomic mass is 16.3. The zero-order chi connectivity index (χ0) is 12.8. The summed E-state index contributed by atoms with van der Waals surface area (Å²) in [5, 5.41) is 20.9. The van der Waals surface area contributed by atoms with Gasteiger partial charge in [-0.1, -0.05) is 19.1 Å². The van der Waals surface area contributed by atoms with E-state index in [4.69, 9.17) is 0 Å². The van der Waals surface area contributed by atoms with E-state index in [0.29, 0.717) is 5.92 Å². The monoisotopic (exact) mass is 238 g/mol. The molecular weight excluding hydrogens is 212 g/mol. The van der Waals surface area contributed by atoms with Crippen molar-refractivity contribution in [1.82, 2.24) is 0 Å². The topological polar surface area (TPSA) is 40.5 Å². The van der Waals surface area contributed by atoms with Crippen LogP contribution in [0.15, 0.2) is 12.2 Å². The summed E-state index contributed by atoms with van der Waals surface area (Å²) < 4.78 is 0. The Balaban J connectivity index is 2.27. The predicted octanol–water partition coefficient (Wildman–Crippen LogP) is 2.89. The van der Waals surface area contributed by atoms with Crippen molar-refractivity contribution < 1.29 is 10.2 Å². The van der Waals surface area contributed by atoms with Crippen molar-refractivity contribution in [2.45, 2.75) is 64.6 Å². The lowest BCUT2D eigenvalue weighted by Crippen LogP contribution is -2.57. The minimum Gasteiger partial charge on any atom is -0.393 e. The van der Waals surface area contributed by atoms with Crippen LogP contribution in [-0.2, 0) is 0 Å². The van der Waals surface area contributed by atoms with Gasteiger partial charge in [0, 0.05) is 0 Å². The molecule has 2 saturated carbocycles. The van der Waals surface area contributed by atoms with E-state index >= 15 is 0 Å². The fourth-order valence-corrected chi connectivity index (χ4v) is 4.07. The molecule has 2 rings (SSSR count). The fraction of sp³-hybridized carbons (Fsp3) is 0.867. The van der Waals surface area contributed by atoms with Crippen LogP contribution >= 0.6 is 0 Å². The van der Waals surface area contributed by atoms with Crippen LogP contribution in [0.5, 0.6) is 0 Å². The summed E-state index contributed by atoms with van der Waals surface area (Å²) in [6.07, 6.45) is 4.30. The zero-order valence-electron chi connectivity index (χ0n) is 11.4. The largest absolute Gasteiger partial charge is 0.393 e. The van der Waals surface area contributed by atoms with Gasteiger partial charge < -0.3 is 10.2 Å². The van der Waals surface area contributed by atoms with Crippen molar-refractivity contribution in [1.29, 1.82) is 0 Å². The van der Waals surface area contributed by atoms with Crippen molar-refractivity contribution in [2.75, 3.05) is 0 Å². The second kappa shape index (κ2) is 4.10. The predicted molar refractivity (Wildman–Crippen MR) is 69.6 cm³/mol. The molecule has 0 aromatic rings. The molecule has 5 atom stereocenters. The molecule has 2 fully saturated rings. The number of fused-ring (bicyclic) bond motifs is 1. The van der Waals surface area contributed by atoms with Gasteiger partial charge in [-0.3, -0.25) is 0 Å². The number of hydrogen-bond acceptors (Lipinski definition) is 2. The SMILES string of the molecule is C=C(C)[C@@H]1CC[C@@]2(C)[C@H](O)CC[C@](C)(O)[C@@H]2C1. The van der Waals surface area contributed by atoms with Crippen LogP contribution in [-0.4, -0.2) is 21.9 Å². The first kappa shape index (κ1) is 13.1.